The van der Waals surface area contributed by atoms with Crippen LogP contribution < -0.4 is 5.73 Å². The average Bonchev–Trinajstić information content (AvgIpc) is 2.25. The summed E-state index contributed by atoms with van der Waals surface area (Å²) in [5.41, 5.74) is 7.40. The lowest BCUT2D eigenvalue weighted by Gasteiger charge is -2.28. The first-order valence-corrected chi connectivity index (χ1v) is 6.13. The van der Waals surface area contributed by atoms with Crippen molar-refractivity contribution in [1.29, 1.82) is 0 Å². The van der Waals surface area contributed by atoms with Crippen LogP contribution in [0.3, 0.4) is 0 Å². The summed E-state index contributed by atoms with van der Waals surface area (Å²) in [5.74, 6) is 0.472. The average molecular weight is 270 g/mol. The Kier molecular flexibility index (Phi) is 3.78. The van der Waals surface area contributed by atoms with Crippen molar-refractivity contribution in [3.05, 3.63) is 34.3 Å². The van der Waals surface area contributed by atoms with Crippen LogP contribution in [0, 0.1) is 5.92 Å². The molecule has 0 aliphatic carbocycles. The van der Waals surface area contributed by atoms with Crippen LogP contribution in [0.1, 0.15) is 12.0 Å². The van der Waals surface area contributed by atoms with Crippen LogP contribution in [-0.2, 0) is 11.2 Å². The maximum atomic E-state index is 6.07. The fourth-order valence-electron chi connectivity index (χ4n) is 1.95. The number of ether oxygens (including phenoxy) is 1. The van der Waals surface area contributed by atoms with Gasteiger partial charge in [0.1, 0.15) is 0 Å². The van der Waals surface area contributed by atoms with Gasteiger partial charge in [0, 0.05) is 23.0 Å². The second-order valence-electron chi connectivity index (χ2n) is 4.12. The van der Waals surface area contributed by atoms with Gasteiger partial charge in [-0.2, -0.15) is 0 Å². The van der Waals surface area contributed by atoms with Gasteiger partial charge in [-0.15, -0.1) is 0 Å². The summed E-state index contributed by atoms with van der Waals surface area (Å²) < 4.78 is 6.58. The molecule has 0 saturated carbocycles. The minimum atomic E-state index is 0.294. The van der Waals surface area contributed by atoms with Gasteiger partial charge in [0.2, 0.25) is 0 Å². The first kappa shape index (κ1) is 11.1. The van der Waals surface area contributed by atoms with Crippen LogP contribution in [0.2, 0.25) is 0 Å². The Balaban J connectivity index is 1.98. The Morgan fingerprint density at radius 3 is 2.73 bits per heavy atom. The zero-order chi connectivity index (χ0) is 10.7. The van der Waals surface area contributed by atoms with E-state index in [0.29, 0.717) is 12.0 Å². The van der Waals surface area contributed by atoms with Crippen LogP contribution in [0.4, 0.5) is 0 Å². The van der Waals surface area contributed by atoms with E-state index in [4.69, 9.17) is 10.5 Å². The van der Waals surface area contributed by atoms with Crippen molar-refractivity contribution in [2.75, 3.05) is 13.2 Å². The molecule has 0 radical (unpaired) electrons. The normalized spacial score (nSPS) is 26.5. The monoisotopic (exact) mass is 269 g/mol. The summed E-state index contributed by atoms with van der Waals surface area (Å²) in [7, 11) is 0. The van der Waals surface area contributed by atoms with Crippen LogP contribution in [0.5, 0.6) is 0 Å². The van der Waals surface area contributed by atoms with Crippen molar-refractivity contribution >= 4 is 15.9 Å². The molecule has 1 aromatic rings. The molecule has 0 amide bonds. The molecule has 0 aromatic heterocycles. The second-order valence-corrected chi connectivity index (χ2v) is 5.03. The predicted octanol–water partition coefficient (Wildman–Crippen LogP) is 2.36. The SMILES string of the molecule is N[C@H]1CCOC[C@@H]1Cc1ccc(Br)cc1. The fourth-order valence-corrected chi connectivity index (χ4v) is 2.21. The first-order chi connectivity index (χ1) is 7.25. The third-order valence-electron chi connectivity index (χ3n) is 2.94. The standard InChI is InChI=1S/C12H16BrNO/c13-11-3-1-9(2-4-11)7-10-8-15-6-5-12(10)14/h1-4,10,12H,5-8,14H2/t10-,12-/m0/s1. The zero-order valence-electron chi connectivity index (χ0n) is 8.66. The lowest BCUT2D eigenvalue weighted by atomic mass is 9.90. The van der Waals surface area contributed by atoms with Gasteiger partial charge < -0.3 is 10.5 Å². The van der Waals surface area contributed by atoms with E-state index >= 15 is 0 Å². The Hall–Kier alpha value is -0.380. The summed E-state index contributed by atoms with van der Waals surface area (Å²) in [6, 6.07) is 8.73. The van der Waals surface area contributed by atoms with Crippen LogP contribution in [-0.4, -0.2) is 19.3 Å². The highest BCUT2D eigenvalue weighted by Gasteiger charge is 2.22. The number of halogens is 1. The predicted molar refractivity (Wildman–Crippen MR) is 64.7 cm³/mol. The Labute approximate surface area is 98.9 Å². The van der Waals surface area contributed by atoms with Crippen molar-refractivity contribution in [1.82, 2.24) is 0 Å². The fraction of sp³-hybridized carbons (Fsp3) is 0.500. The van der Waals surface area contributed by atoms with E-state index in [9.17, 15) is 0 Å². The van der Waals surface area contributed by atoms with Gasteiger partial charge in [-0.3, -0.25) is 0 Å². The number of rotatable bonds is 2. The van der Waals surface area contributed by atoms with Crippen molar-refractivity contribution in [3.63, 3.8) is 0 Å². The summed E-state index contributed by atoms with van der Waals surface area (Å²) in [5, 5.41) is 0. The second kappa shape index (κ2) is 5.10. The first-order valence-electron chi connectivity index (χ1n) is 5.33. The van der Waals surface area contributed by atoms with Crippen molar-refractivity contribution in [3.8, 4) is 0 Å². The summed E-state index contributed by atoms with van der Waals surface area (Å²) in [4.78, 5) is 0. The van der Waals surface area contributed by atoms with E-state index in [1.165, 1.54) is 5.56 Å². The lowest BCUT2D eigenvalue weighted by molar-refractivity contribution is 0.0422. The number of hydrogen-bond acceptors (Lipinski definition) is 2. The number of benzene rings is 1. The lowest BCUT2D eigenvalue weighted by Crippen LogP contribution is -2.39. The molecule has 1 heterocycles. The summed E-state index contributed by atoms with van der Waals surface area (Å²) in [6.45, 7) is 1.62. The molecular weight excluding hydrogens is 254 g/mol. The smallest absolute Gasteiger partial charge is 0.0512 e. The van der Waals surface area contributed by atoms with Crippen molar-refractivity contribution in [2.24, 2.45) is 11.7 Å². The molecule has 1 aliphatic rings. The highest BCUT2D eigenvalue weighted by atomic mass is 79.9. The van der Waals surface area contributed by atoms with Crippen molar-refractivity contribution in [2.45, 2.75) is 18.9 Å². The van der Waals surface area contributed by atoms with Gasteiger partial charge in [0.05, 0.1) is 6.61 Å². The molecular formula is C12H16BrNO. The zero-order valence-corrected chi connectivity index (χ0v) is 10.2. The van der Waals surface area contributed by atoms with Crippen molar-refractivity contribution < 1.29 is 4.74 Å². The molecule has 1 aliphatic heterocycles. The topological polar surface area (TPSA) is 35.2 Å². The molecule has 2 atom stereocenters. The van der Waals surface area contributed by atoms with E-state index < -0.39 is 0 Å². The third kappa shape index (κ3) is 3.03. The van der Waals surface area contributed by atoms with E-state index in [1.807, 2.05) is 0 Å². The van der Waals surface area contributed by atoms with Crippen LogP contribution in [0.15, 0.2) is 28.7 Å². The molecule has 3 heteroatoms. The number of nitrogens with two attached hydrogens (primary N) is 1. The highest BCUT2D eigenvalue weighted by Crippen LogP contribution is 2.19. The van der Waals surface area contributed by atoms with Crippen LogP contribution in [0.25, 0.3) is 0 Å². The Bertz CT molecular complexity index is 312. The largest absolute Gasteiger partial charge is 0.381 e. The Morgan fingerprint density at radius 1 is 1.33 bits per heavy atom. The van der Waals surface area contributed by atoms with Gasteiger partial charge in [-0.1, -0.05) is 28.1 Å². The highest BCUT2D eigenvalue weighted by molar-refractivity contribution is 9.10. The molecule has 2 N–H and O–H groups in total. The molecule has 2 nitrogen and oxygen atoms in total. The minimum absolute atomic E-state index is 0.294. The van der Waals surface area contributed by atoms with Gasteiger partial charge >= 0.3 is 0 Å². The van der Waals surface area contributed by atoms with Gasteiger partial charge in [-0.05, 0) is 30.5 Å². The molecule has 1 saturated heterocycles. The van der Waals surface area contributed by atoms with E-state index in [-0.39, 0.29) is 0 Å². The third-order valence-corrected chi connectivity index (χ3v) is 3.47. The Morgan fingerprint density at radius 2 is 2.07 bits per heavy atom. The van der Waals surface area contributed by atoms with Gasteiger partial charge in [-0.25, -0.2) is 0 Å². The van der Waals surface area contributed by atoms with Gasteiger partial charge in [0.15, 0.2) is 0 Å². The van der Waals surface area contributed by atoms with E-state index in [1.54, 1.807) is 0 Å². The molecule has 0 spiro atoms. The summed E-state index contributed by atoms with van der Waals surface area (Å²) >= 11 is 3.43. The maximum absolute atomic E-state index is 6.07. The van der Waals surface area contributed by atoms with E-state index in [2.05, 4.69) is 40.2 Å². The quantitative estimate of drug-likeness (QED) is 0.895. The molecule has 1 fully saturated rings. The minimum Gasteiger partial charge on any atom is -0.381 e. The van der Waals surface area contributed by atoms with Crippen LogP contribution >= 0.6 is 15.9 Å². The molecule has 1 aromatic carbocycles. The maximum Gasteiger partial charge on any atom is 0.0512 e. The molecule has 0 bridgehead atoms. The molecule has 2 rings (SSSR count). The summed E-state index contributed by atoms with van der Waals surface area (Å²) in [6.07, 6.45) is 2.01. The van der Waals surface area contributed by atoms with E-state index in [0.717, 1.165) is 30.5 Å². The molecule has 82 valence electrons. The molecule has 0 unspecified atom stereocenters. The molecule has 15 heavy (non-hydrogen) atoms. The number of hydrogen-bond donors (Lipinski definition) is 1. The van der Waals surface area contributed by atoms with Gasteiger partial charge in [0.25, 0.3) is 0 Å².